The van der Waals surface area contributed by atoms with Crippen LogP contribution in [0.5, 0.6) is 0 Å². The molecule has 0 saturated heterocycles. The Morgan fingerprint density at radius 1 is 1.23 bits per heavy atom. The molecule has 0 radical (unpaired) electrons. The zero-order chi connectivity index (χ0) is 16.0. The maximum Gasteiger partial charge on any atom is 0.354 e. The third-order valence-electron chi connectivity index (χ3n) is 4.25. The monoisotopic (exact) mass is 299 g/mol. The van der Waals surface area contributed by atoms with Gasteiger partial charge in [-0.05, 0) is 38.3 Å². The molecule has 0 saturated carbocycles. The van der Waals surface area contributed by atoms with E-state index in [9.17, 15) is 9.90 Å². The minimum atomic E-state index is -0.894. The molecule has 5 nitrogen and oxygen atoms in total. The number of imidazole rings is 1. The summed E-state index contributed by atoms with van der Waals surface area (Å²) in [5.41, 5.74) is 5.78. The van der Waals surface area contributed by atoms with Crippen LogP contribution in [0.4, 0.5) is 11.6 Å². The van der Waals surface area contributed by atoms with Gasteiger partial charge in [0, 0.05) is 18.8 Å². The van der Waals surface area contributed by atoms with Gasteiger partial charge < -0.3 is 14.6 Å². The van der Waals surface area contributed by atoms with Crippen molar-refractivity contribution in [2.24, 2.45) is 0 Å². The summed E-state index contributed by atoms with van der Waals surface area (Å²) in [4.78, 5) is 18.3. The molecule has 0 aliphatic carbocycles. The van der Waals surface area contributed by atoms with E-state index in [2.05, 4.69) is 42.8 Å². The van der Waals surface area contributed by atoms with Crippen LogP contribution in [0.25, 0.3) is 0 Å². The van der Waals surface area contributed by atoms with Crippen LogP contribution in [0.15, 0.2) is 12.1 Å². The van der Waals surface area contributed by atoms with Crippen LogP contribution >= 0.6 is 0 Å². The average Bonchev–Trinajstić information content (AvgIpc) is 2.96. The summed E-state index contributed by atoms with van der Waals surface area (Å²) in [6.45, 7) is 9.65. The van der Waals surface area contributed by atoms with Crippen LogP contribution in [-0.2, 0) is 13.0 Å². The lowest BCUT2D eigenvalue weighted by Gasteiger charge is -2.22. The molecule has 2 aromatic rings. The summed E-state index contributed by atoms with van der Waals surface area (Å²) in [5.74, 6) is -0.140. The van der Waals surface area contributed by atoms with Crippen molar-refractivity contribution in [2.45, 2.75) is 40.7 Å². The van der Waals surface area contributed by atoms with Crippen molar-refractivity contribution in [3.63, 3.8) is 0 Å². The number of rotatable bonds is 3. The molecule has 1 aliphatic heterocycles. The first kappa shape index (κ1) is 14.6. The standard InChI is InChI=1S/C17H21N3O2/c1-5-13-15(16(21)22)20-7-6-19(17(20)18-13)14-11(3)8-10(2)9-12(14)4/h8-9H,5-7H2,1-4H3,(H,21,22). The smallest absolute Gasteiger partial charge is 0.354 e. The summed E-state index contributed by atoms with van der Waals surface area (Å²) in [7, 11) is 0. The Morgan fingerprint density at radius 2 is 1.86 bits per heavy atom. The highest BCUT2D eigenvalue weighted by Gasteiger charge is 2.31. The largest absolute Gasteiger partial charge is 0.477 e. The van der Waals surface area contributed by atoms with E-state index < -0.39 is 5.97 Å². The van der Waals surface area contributed by atoms with Gasteiger partial charge in [0.25, 0.3) is 0 Å². The van der Waals surface area contributed by atoms with Gasteiger partial charge in [-0.15, -0.1) is 0 Å². The lowest BCUT2D eigenvalue weighted by molar-refractivity contribution is 0.0684. The highest BCUT2D eigenvalue weighted by Crippen LogP contribution is 2.36. The van der Waals surface area contributed by atoms with Crippen LogP contribution in [0, 0.1) is 20.8 Å². The van der Waals surface area contributed by atoms with Gasteiger partial charge in [0.15, 0.2) is 5.69 Å². The Hall–Kier alpha value is -2.30. The Kier molecular flexibility index (Phi) is 3.43. The van der Waals surface area contributed by atoms with Gasteiger partial charge >= 0.3 is 5.97 Å². The number of hydrogen-bond acceptors (Lipinski definition) is 3. The van der Waals surface area contributed by atoms with Crippen molar-refractivity contribution >= 4 is 17.6 Å². The average molecular weight is 299 g/mol. The molecule has 22 heavy (non-hydrogen) atoms. The van der Waals surface area contributed by atoms with Crippen LogP contribution in [-0.4, -0.2) is 27.2 Å². The first-order valence-corrected chi connectivity index (χ1v) is 7.62. The number of carboxylic acid groups (broad SMARTS) is 1. The Morgan fingerprint density at radius 3 is 2.41 bits per heavy atom. The molecule has 1 aromatic heterocycles. The second-order valence-electron chi connectivity index (χ2n) is 5.92. The zero-order valence-corrected chi connectivity index (χ0v) is 13.5. The number of fused-ring (bicyclic) bond motifs is 1. The second-order valence-corrected chi connectivity index (χ2v) is 5.92. The Labute approximate surface area is 130 Å². The van der Waals surface area contributed by atoms with Gasteiger partial charge in [0.2, 0.25) is 5.95 Å². The lowest BCUT2D eigenvalue weighted by Crippen LogP contribution is -2.17. The predicted molar refractivity (Wildman–Crippen MR) is 86.2 cm³/mol. The number of carbonyl (C=O) groups is 1. The predicted octanol–water partition coefficient (Wildman–Crippen LogP) is 3.22. The highest BCUT2D eigenvalue weighted by molar-refractivity contribution is 5.88. The number of aromatic nitrogens is 2. The molecule has 0 amide bonds. The second kappa shape index (κ2) is 5.16. The molecular formula is C17H21N3O2. The SMILES string of the molecule is CCc1nc2n(c1C(=O)O)CCN2c1c(C)cc(C)cc1C. The summed E-state index contributed by atoms with van der Waals surface area (Å²) in [6.07, 6.45) is 0.626. The zero-order valence-electron chi connectivity index (χ0n) is 13.5. The first-order valence-electron chi connectivity index (χ1n) is 7.62. The van der Waals surface area contributed by atoms with E-state index in [0.717, 1.165) is 18.2 Å². The number of anilines is 2. The molecular weight excluding hydrogens is 278 g/mol. The van der Waals surface area contributed by atoms with E-state index in [1.165, 1.54) is 16.7 Å². The lowest BCUT2D eigenvalue weighted by atomic mass is 10.0. The maximum atomic E-state index is 11.5. The van der Waals surface area contributed by atoms with Gasteiger partial charge in [-0.2, -0.15) is 0 Å². The number of benzene rings is 1. The summed E-state index contributed by atoms with van der Waals surface area (Å²) < 4.78 is 1.83. The molecule has 1 N–H and O–H groups in total. The van der Waals surface area contributed by atoms with Crippen molar-refractivity contribution in [1.82, 2.24) is 9.55 Å². The van der Waals surface area contributed by atoms with Gasteiger partial charge in [0.1, 0.15) is 0 Å². The number of carboxylic acids is 1. The Bertz CT molecular complexity index is 738. The molecule has 0 fully saturated rings. The van der Waals surface area contributed by atoms with E-state index in [1.807, 2.05) is 11.5 Å². The van der Waals surface area contributed by atoms with Gasteiger partial charge in [-0.25, -0.2) is 9.78 Å². The summed E-state index contributed by atoms with van der Waals surface area (Å²) in [6, 6.07) is 4.32. The fourth-order valence-corrected chi connectivity index (χ4v) is 3.50. The number of aryl methyl sites for hydroxylation is 4. The molecule has 1 aliphatic rings. The normalized spacial score (nSPS) is 13.5. The van der Waals surface area contributed by atoms with Crippen LogP contribution in [0.3, 0.4) is 0 Å². The van der Waals surface area contributed by atoms with E-state index in [-0.39, 0.29) is 0 Å². The molecule has 1 aromatic carbocycles. The topological polar surface area (TPSA) is 58.4 Å². The van der Waals surface area contributed by atoms with Crippen LogP contribution in [0.2, 0.25) is 0 Å². The van der Waals surface area contributed by atoms with E-state index in [1.54, 1.807) is 0 Å². The molecule has 2 heterocycles. The van der Waals surface area contributed by atoms with Gasteiger partial charge in [0.05, 0.1) is 5.69 Å². The number of hydrogen-bond donors (Lipinski definition) is 1. The molecule has 0 atom stereocenters. The van der Waals surface area contributed by atoms with E-state index in [4.69, 9.17) is 0 Å². The third kappa shape index (κ3) is 2.08. The third-order valence-corrected chi connectivity index (χ3v) is 4.25. The quantitative estimate of drug-likeness (QED) is 0.945. The van der Waals surface area contributed by atoms with Crippen molar-refractivity contribution in [3.8, 4) is 0 Å². The molecule has 0 spiro atoms. The summed E-state index contributed by atoms with van der Waals surface area (Å²) in [5, 5.41) is 9.47. The van der Waals surface area contributed by atoms with Crippen LogP contribution in [0.1, 0.15) is 39.8 Å². The minimum absolute atomic E-state index is 0.336. The van der Waals surface area contributed by atoms with Crippen molar-refractivity contribution in [2.75, 3.05) is 11.4 Å². The van der Waals surface area contributed by atoms with Gasteiger partial charge in [-0.1, -0.05) is 24.6 Å². The molecule has 3 rings (SSSR count). The Balaban J connectivity index is 2.15. The molecule has 116 valence electrons. The minimum Gasteiger partial charge on any atom is -0.477 e. The summed E-state index contributed by atoms with van der Waals surface area (Å²) >= 11 is 0. The number of aromatic carboxylic acids is 1. The maximum absolute atomic E-state index is 11.5. The molecule has 5 heteroatoms. The first-order chi connectivity index (χ1) is 10.4. The fourth-order valence-electron chi connectivity index (χ4n) is 3.50. The van der Waals surface area contributed by atoms with Gasteiger partial charge in [-0.3, -0.25) is 0 Å². The van der Waals surface area contributed by atoms with Crippen molar-refractivity contribution in [3.05, 3.63) is 40.2 Å². The van der Waals surface area contributed by atoms with E-state index >= 15 is 0 Å². The fraction of sp³-hybridized carbons (Fsp3) is 0.412. The molecule has 0 bridgehead atoms. The van der Waals surface area contributed by atoms with Crippen molar-refractivity contribution < 1.29 is 9.90 Å². The van der Waals surface area contributed by atoms with Crippen molar-refractivity contribution in [1.29, 1.82) is 0 Å². The number of nitrogens with zero attached hydrogens (tertiary/aromatic N) is 3. The molecule has 0 unspecified atom stereocenters. The van der Waals surface area contributed by atoms with E-state index in [0.29, 0.717) is 24.4 Å². The van der Waals surface area contributed by atoms with Crippen LogP contribution < -0.4 is 4.90 Å². The highest BCUT2D eigenvalue weighted by atomic mass is 16.4.